The zero-order chi connectivity index (χ0) is 14.8. The van der Waals surface area contributed by atoms with Gasteiger partial charge >= 0.3 is 0 Å². The molecule has 108 valence electrons. The molecule has 20 heavy (non-hydrogen) atoms. The van der Waals surface area contributed by atoms with Crippen molar-refractivity contribution in [3.05, 3.63) is 35.6 Å². The van der Waals surface area contributed by atoms with Crippen molar-refractivity contribution in [1.82, 2.24) is 5.32 Å². The van der Waals surface area contributed by atoms with E-state index in [0.717, 1.165) is 22.1 Å². The van der Waals surface area contributed by atoms with Gasteiger partial charge in [-0.1, -0.05) is 12.1 Å². The van der Waals surface area contributed by atoms with E-state index in [9.17, 15) is 4.79 Å². The molecule has 0 unspecified atom stereocenters. The molecule has 0 saturated heterocycles. The van der Waals surface area contributed by atoms with Gasteiger partial charge in [0.2, 0.25) is 5.91 Å². The molecule has 0 aliphatic heterocycles. The summed E-state index contributed by atoms with van der Waals surface area (Å²) in [5, 5.41) is 21.9. The Bertz CT molecular complexity index is 613. The molecule has 0 radical (unpaired) electrons. The van der Waals surface area contributed by atoms with Gasteiger partial charge in [-0.25, -0.2) is 0 Å². The van der Waals surface area contributed by atoms with Crippen molar-refractivity contribution in [1.29, 1.82) is 0 Å². The smallest absolute Gasteiger partial charge is 0.225 e. The predicted octanol–water partition coefficient (Wildman–Crippen LogP) is 1.14. The van der Waals surface area contributed by atoms with Crippen LogP contribution in [0.1, 0.15) is 18.1 Å². The first-order chi connectivity index (χ1) is 9.47. The van der Waals surface area contributed by atoms with Crippen LogP contribution in [0.3, 0.4) is 0 Å². The Morgan fingerprint density at radius 3 is 2.70 bits per heavy atom. The number of amides is 1. The van der Waals surface area contributed by atoms with Crippen LogP contribution in [0.5, 0.6) is 0 Å². The molecule has 1 amide bonds. The van der Waals surface area contributed by atoms with Crippen LogP contribution in [-0.2, 0) is 11.2 Å². The zero-order valence-electron chi connectivity index (χ0n) is 11.6. The highest BCUT2D eigenvalue weighted by Crippen LogP contribution is 2.22. The van der Waals surface area contributed by atoms with Crippen molar-refractivity contribution in [3.63, 3.8) is 0 Å². The monoisotopic (exact) mass is 277 g/mol. The lowest BCUT2D eigenvalue weighted by atomic mass is 10.0. The number of hydrogen-bond donors (Lipinski definition) is 3. The maximum Gasteiger partial charge on any atom is 0.225 e. The molecule has 3 N–H and O–H groups in total. The van der Waals surface area contributed by atoms with Gasteiger partial charge in [-0.15, -0.1) is 0 Å². The first-order valence-corrected chi connectivity index (χ1v) is 6.47. The van der Waals surface area contributed by atoms with E-state index in [1.54, 1.807) is 13.2 Å². The van der Waals surface area contributed by atoms with E-state index >= 15 is 0 Å². The molecule has 1 heterocycles. The number of fused-ring (bicyclic) bond motifs is 1. The van der Waals surface area contributed by atoms with Crippen LogP contribution in [0.15, 0.2) is 28.9 Å². The number of aryl methyl sites for hydroxylation is 1. The summed E-state index contributed by atoms with van der Waals surface area (Å²) in [6.45, 7) is 2.92. The Kier molecular flexibility index (Phi) is 4.11. The third-order valence-corrected chi connectivity index (χ3v) is 3.30. The summed E-state index contributed by atoms with van der Waals surface area (Å²) in [5.74, 6) is -0.265. The van der Waals surface area contributed by atoms with Gasteiger partial charge in [-0.05, 0) is 25.5 Å². The number of benzene rings is 1. The van der Waals surface area contributed by atoms with E-state index in [-0.39, 0.29) is 25.5 Å². The first kappa shape index (κ1) is 14.6. The standard InChI is InChI=1S/C15H19NO4/c1-10-3-4-12-11(7-20-13(12)5-10)6-14(19)16-15(2,8-17)9-18/h3-5,7,17-18H,6,8-9H2,1-2H3,(H,16,19). The van der Waals surface area contributed by atoms with E-state index in [0.29, 0.717) is 0 Å². The van der Waals surface area contributed by atoms with Crippen LogP contribution in [0.2, 0.25) is 0 Å². The second-order valence-electron chi connectivity index (χ2n) is 5.36. The fraction of sp³-hybridized carbons (Fsp3) is 0.400. The van der Waals surface area contributed by atoms with Gasteiger partial charge in [0.15, 0.2) is 0 Å². The number of nitrogens with one attached hydrogen (secondary N) is 1. The van der Waals surface area contributed by atoms with Crippen molar-refractivity contribution in [2.24, 2.45) is 0 Å². The summed E-state index contributed by atoms with van der Waals surface area (Å²) in [5.41, 5.74) is 1.62. The fourth-order valence-corrected chi connectivity index (χ4v) is 2.01. The molecule has 5 heteroatoms. The van der Waals surface area contributed by atoms with Crippen LogP contribution in [-0.4, -0.2) is 34.9 Å². The number of furan rings is 1. The normalized spacial score (nSPS) is 11.8. The third-order valence-electron chi connectivity index (χ3n) is 3.30. The Hall–Kier alpha value is -1.85. The van der Waals surface area contributed by atoms with E-state index in [1.165, 1.54) is 0 Å². The Labute approximate surface area is 117 Å². The van der Waals surface area contributed by atoms with Gasteiger partial charge in [0.05, 0.1) is 31.4 Å². The molecule has 2 rings (SSSR count). The third kappa shape index (κ3) is 3.00. The van der Waals surface area contributed by atoms with E-state index in [4.69, 9.17) is 14.6 Å². The number of carbonyl (C=O) groups excluding carboxylic acids is 1. The highest BCUT2D eigenvalue weighted by molar-refractivity contribution is 5.88. The van der Waals surface area contributed by atoms with Crippen LogP contribution < -0.4 is 5.32 Å². The molecule has 0 saturated carbocycles. The summed E-state index contributed by atoms with van der Waals surface area (Å²) in [6, 6.07) is 5.81. The van der Waals surface area contributed by atoms with Crippen LogP contribution in [0.4, 0.5) is 0 Å². The maximum absolute atomic E-state index is 12.0. The minimum Gasteiger partial charge on any atom is -0.464 e. The SMILES string of the molecule is Cc1ccc2c(CC(=O)NC(C)(CO)CO)coc2c1. The van der Waals surface area contributed by atoms with Crippen molar-refractivity contribution in [2.45, 2.75) is 25.8 Å². The first-order valence-electron chi connectivity index (χ1n) is 6.47. The molecular formula is C15H19NO4. The van der Waals surface area contributed by atoms with E-state index in [2.05, 4.69) is 5.32 Å². The summed E-state index contributed by atoms with van der Waals surface area (Å²) in [6.07, 6.45) is 1.71. The van der Waals surface area contributed by atoms with Crippen molar-refractivity contribution in [2.75, 3.05) is 13.2 Å². The van der Waals surface area contributed by atoms with Gasteiger partial charge < -0.3 is 19.9 Å². The topological polar surface area (TPSA) is 82.7 Å². The highest BCUT2D eigenvalue weighted by atomic mass is 16.3. The Morgan fingerprint density at radius 2 is 2.05 bits per heavy atom. The van der Waals surface area contributed by atoms with E-state index in [1.807, 2.05) is 25.1 Å². The number of aliphatic hydroxyl groups is 2. The number of rotatable bonds is 5. The second-order valence-corrected chi connectivity index (χ2v) is 5.36. The van der Waals surface area contributed by atoms with Crippen LogP contribution >= 0.6 is 0 Å². The molecule has 1 aromatic heterocycles. The molecule has 0 bridgehead atoms. The molecule has 0 aliphatic carbocycles. The number of carbonyl (C=O) groups is 1. The number of aliphatic hydroxyl groups excluding tert-OH is 2. The van der Waals surface area contributed by atoms with Gasteiger partial charge in [0.25, 0.3) is 0 Å². The zero-order valence-corrected chi connectivity index (χ0v) is 11.6. The molecule has 0 aliphatic rings. The molecule has 2 aromatic rings. The minimum absolute atomic E-state index is 0.144. The van der Waals surface area contributed by atoms with Crippen LogP contribution in [0.25, 0.3) is 11.0 Å². The summed E-state index contributed by atoms with van der Waals surface area (Å²) < 4.78 is 5.43. The molecule has 5 nitrogen and oxygen atoms in total. The van der Waals surface area contributed by atoms with Gasteiger partial charge in [-0.2, -0.15) is 0 Å². The molecule has 0 fully saturated rings. The Morgan fingerprint density at radius 1 is 1.35 bits per heavy atom. The molecule has 1 aromatic carbocycles. The van der Waals surface area contributed by atoms with Gasteiger partial charge in [0, 0.05) is 10.9 Å². The minimum atomic E-state index is -1.01. The Balaban J connectivity index is 2.14. The lowest BCUT2D eigenvalue weighted by Gasteiger charge is -2.26. The average Bonchev–Trinajstić information content (AvgIpc) is 2.80. The molecule has 0 atom stereocenters. The lowest BCUT2D eigenvalue weighted by molar-refractivity contribution is -0.123. The lowest BCUT2D eigenvalue weighted by Crippen LogP contribution is -2.52. The maximum atomic E-state index is 12.0. The fourth-order valence-electron chi connectivity index (χ4n) is 2.01. The highest BCUT2D eigenvalue weighted by Gasteiger charge is 2.25. The summed E-state index contributed by atoms with van der Waals surface area (Å²) in [4.78, 5) is 12.0. The van der Waals surface area contributed by atoms with E-state index < -0.39 is 5.54 Å². The van der Waals surface area contributed by atoms with Crippen molar-refractivity contribution < 1.29 is 19.4 Å². The quantitative estimate of drug-likeness (QED) is 0.765. The van der Waals surface area contributed by atoms with Crippen LogP contribution in [0, 0.1) is 6.92 Å². The molecule has 0 spiro atoms. The average molecular weight is 277 g/mol. The second kappa shape index (κ2) is 5.64. The molecular weight excluding hydrogens is 258 g/mol. The predicted molar refractivity (Wildman–Crippen MR) is 75.4 cm³/mol. The van der Waals surface area contributed by atoms with Crippen molar-refractivity contribution in [3.8, 4) is 0 Å². The summed E-state index contributed by atoms with van der Waals surface area (Å²) >= 11 is 0. The largest absolute Gasteiger partial charge is 0.464 e. The number of hydrogen-bond acceptors (Lipinski definition) is 4. The van der Waals surface area contributed by atoms with Gasteiger partial charge in [0.1, 0.15) is 5.58 Å². The van der Waals surface area contributed by atoms with Gasteiger partial charge in [-0.3, -0.25) is 4.79 Å². The summed E-state index contributed by atoms with van der Waals surface area (Å²) in [7, 11) is 0. The van der Waals surface area contributed by atoms with Crippen molar-refractivity contribution >= 4 is 16.9 Å².